The summed E-state index contributed by atoms with van der Waals surface area (Å²) in [7, 11) is 1.52. The number of aliphatic carboxylic acids is 1. The first kappa shape index (κ1) is 17.1. The predicted octanol–water partition coefficient (Wildman–Crippen LogP) is 2.42. The summed E-state index contributed by atoms with van der Waals surface area (Å²) in [5.74, 6) is 0.0102. The molecular formula is C17H23NO5. The summed E-state index contributed by atoms with van der Waals surface area (Å²) in [5.41, 5.74) is -0.409. The fraction of sp³-hybridized carbons (Fsp3) is 0.529. The molecule has 0 spiro atoms. The van der Waals surface area contributed by atoms with E-state index in [4.69, 9.17) is 9.47 Å². The summed E-state index contributed by atoms with van der Waals surface area (Å²) >= 11 is 0. The van der Waals surface area contributed by atoms with Gasteiger partial charge in [-0.1, -0.05) is 0 Å². The number of carbonyl (C=O) groups excluding carboxylic acids is 1. The van der Waals surface area contributed by atoms with E-state index in [1.54, 1.807) is 30.0 Å². The van der Waals surface area contributed by atoms with E-state index in [2.05, 4.69) is 0 Å². The van der Waals surface area contributed by atoms with Gasteiger partial charge < -0.3 is 19.5 Å². The molecule has 1 atom stereocenters. The van der Waals surface area contributed by atoms with E-state index in [0.29, 0.717) is 30.0 Å². The molecule has 0 radical (unpaired) electrons. The highest BCUT2D eigenvalue weighted by atomic mass is 16.5. The number of hydrogen-bond donors (Lipinski definition) is 1. The van der Waals surface area contributed by atoms with E-state index in [1.807, 2.05) is 13.8 Å². The Hall–Kier alpha value is -2.24. The van der Waals surface area contributed by atoms with Gasteiger partial charge in [0.05, 0.1) is 18.6 Å². The van der Waals surface area contributed by atoms with Crippen LogP contribution in [0.25, 0.3) is 0 Å². The number of carbonyl (C=O) groups is 2. The van der Waals surface area contributed by atoms with E-state index in [-0.39, 0.29) is 18.6 Å². The first-order valence-electron chi connectivity index (χ1n) is 7.64. The zero-order valence-electron chi connectivity index (χ0n) is 14.0. The van der Waals surface area contributed by atoms with Crippen LogP contribution in [-0.2, 0) is 4.79 Å². The lowest BCUT2D eigenvalue weighted by molar-refractivity contribution is -0.147. The van der Waals surface area contributed by atoms with Crippen LogP contribution in [0.3, 0.4) is 0 Å². The zero-order chi connectivity index (χ0) is 17.2. The smallest absolute Gasteiger partial charge is 0.311 e. The normalized spacial score (nSPS) is 20.7. The molecule has 2 rings (SSSR count). The minimum Gasteiger partial charge on any atom is -0.493 e. The lowest BCUT2D eigenvalue weighted by Crippen LogP contribution is -2.34. The van der Waals surface area contributed by atoms with Crippen LogP contribution in [0.15, 0.2) is 18.2 Å². The number of hydrogen-bond acceptors (Lipinski definition) is 4. The largest absolute Gasteiger partial charge is 0.493 e. The third kappa shape index (κ3) is 3.57. The minimum atomic E-state index is -0.875. The minimum absolute atomic E-state index is 0.000285. The SMILES string of the molecule is COc1cc(C(=O)N2CCC(C)(C(=O)O)C2)ccc1OC(C)C. The lowest BCUT2D eigenvalue weighted by Gasteiger charge is -2.21. The van der Waals surface area contributed by atoms with E-state index >= 15 is 0 Å². The van der Waals surface area contributed by atoms with Crippen LogP contribution in [-0.4, -0.2) is 48.2 Å². The van der Waals surface area contributed by atoms with Gasteiger partial charge in [0.15, 0.2) is 11.5 Å². The number of amides is 1. The first-order chi connectivity index (χ1) is 10.8. The molecule has 1 fully saturated rings. The highest BCUT2D eigenvalue weighted by Gasteiger charge is 2.42. The lowest BCUT2D eigenvalue weighted by atomic mass is 9.90. The monoisotopic (exact) mass is 321 g/mol. The van der Waals surface area contributed by atoms with Crippen LogP contribution in [0.2, 0.25) is 0 Å². The summed E-state index contributed by atoms with van der Waals surface area (Å²) in [5, 5.41) is 9.27. The molecule has 1 aliphatic rings. The maximum atomic E-state index is 12.6. The highest BCUT2D eigenvalue weighted by molar-refractivity contribution is 5.95. The van der Waals surface area contributed by atoms with Gasteiger partial charge in [0, 0.05) is 18.7 Å². The van der Waals surface area contributed by atoms with Gasteiger partial charge in [0.2, 0.25) is 0 Å². The molecule has 0 aromatic heterocycles. The van der Waals surface area contributed by atoms with Crippen molar-refractivity contribution < 1.29 is 24.2 Å². The van der Waals surface area contributed by atoms with Gasteiger partial charge in [-0.15, -0.1) is 0 Å². The molecule has 0 bridgehead atoms. The molecule has 0 saturated carbocycles. The third-order valence-electron chi connectivity index (χ3n) is 4.05. The number of carboxylic acid groups (broad SMARTS) is 1. The molecule has 1 aromatic carbocycles. The van der Waals surface area contributed by atoms with Crippen molar-refractivity contribution in [2.75, 3.05) is 20.2 Å². The van der Waals surface area contributed by atoms with E-state index in [9.17, 15) is 14.7 Å². The topological polar surface area (TPSA) is 76.1 Å². The number of ether oxygens (including phenoxy) is 2. The number of likely N-dealkylation sites (tertiary alicyclic amines) is 1. The van der Waals surface area contributed by atoms with Gasteiger partial charge in [-0.2, -0.15) is 0 Å². The Labute approximate surface area is 136 Å². The molecule has 1 unspecified atom stereocenters. The molecule has 6 heteroatoms. The number of benzene rings is 1. The Balaban J connectivity index is 2.19. The quantitative estimate of drug-likeness (QED) is 0.901. The maximum Gasteiger partial charge on any atom is 0.311 e. The Morgan fingerprint density at radius 2 is 2.00 bits per heavy atom. The fourth-order valence-electron chi connectivity index (χ4n) is 2.64. The molecule has 1 heterocycles. The van der Waals surface area contributed by atoms with Crippen LogP contribution in [0, 0.1) is 5.41 Å². The molecule has 1 saturated heterocycles. The van der Waals surface area contributed by atoms with Crippen molar-refractivity contribution in [2.24, 2.45) is 5.41 Å². The second-order valence-corrected chi connectivity index (χ2v) is 6.37. The molecule has 126 valence electrons. The van der Waals surface area contributed by atoms with Crippen molar-refractivity contribution in [2.45, 2.75) is 33.3 Å². The Kier molecular flexibility index (Phi) is 4.82. The molecule has 23 heavy (non-hydrogen) atoms. The van der Waals surface area contributed by atoms with E-state index in [0.717, 1.165) is 0 Å². The second-order valence-electron chi connectivity index (χ2n) is 6.37. The number of nitrogens with zero attached hydrogens (tertiary/aromatic N) is 1. The van der Waals surface area contributed by atoms with Crippen molar-refractivity contribution in [1.29, 1.82) is 0 Å². The molecule has 1 aliphatic heterocycles. The number of carboxylic acids is 1. The summed E-state index contributed by atoms with van der Waals surface area (Å²) < 4.78 is 10.9. The van der Waals surface area contributed by atoms with Crippen LogP contribution in [0.5, 0.6) is 11.5 Å². The second kappa shape index (κ2) is 6.48. The predicted molar refractivity (Wildman–Crippen MR) is 85.0 cm³/mol. The summed E-state index contributed by atoms with van der Waals surface area (Å²) in [6.45, 7) is 6.15. The van der Waals surface area contributed by atoms with Crippen molar-refractivity contribution in [1.82, 2.24) is 4.90 Å². The molecular weight excluding hydrogens is 298 g/mol. The van der Waals surface area contributed by atoms with Crippen molar-refractivity contribution in [3.05, 3.63) is 23.8 Å². The van der Waals surface area contributed by atoms with Crippen molar-refractivity contribution in [3.8, 4) is 11.5 Å². The molecule has 6 nitrogen and oxygen atoms in total. The Bertz CT molecular complexity index is 613. The number of methoxy groups -OCH3 is 1. The fourth-order valence-corrected chi connectivity index (χ4v) is 2.64. The average Bonchev–Trinajstić information content (AvgIpc) is 2.90. The zero-order valence-corrected chi connectivity index (χ0v) is 14.0. The highest BCUT2D eigenvalue weighted by Crippen LogP contribution is 2.33. The van der Waals surface area contributed by atoms with Crippen molar-refractivity contribution in [3.63, 3.8) is 0 Å². The average molecular weight is 321 g/mol. The Morgan fingerprint density at radius 3 is 2.52 bits per heavy atom. The van der Waals surface area contributed by atoms with Crippen LogP contribution in [0.1, 0.15) is 37.6 Å². The van der Waals surface area contributed by atoms with Gasteiger partial charge in [-0.25, -0.2) is 0 Å². The Morgan fingerprint density at radius 1 is 1.30 bits per heavy atom. The molecule has 0 aliphatic carbocycles. The number of rotatable bonds is 5. The van der Waals surface area contributed by atoms with Crippen molar-refractivity contribution >= 4 is 11.9 Å². The maximum absolute atomic E-state index is 12.6. The summed E-state index contributed by atoms with van der Waals surface area (Å²) in [6.07, 6.45) is 0.458. The van der Waals surface area contributed by atoms with Gasteiger partial charge >= 0.3 is 5.97 Å². The van der Waals surface area contributed by atoms with Gasteiger partial charge in [-0.3, -0.25) is 9.59 Å². The van der Waals surface area contributed by atoms with Gasteiger partial charge in [0.25, 0.3) is 5.91 Å². The van der Waals surface area contributed by atoms with E-state index < -0.39 is 11.4 Å². The summed E-state index contributed by atoms with van der Waals surface area (Å²) in [6, 6.07) is 5.02. The molecule has 1 N–H and O–H groups in total. The first-order valence-corrected chi connectivity index (χ1v) is 7.64. The molecule has 1 aromatic rings. The van der Waals surface area contributed by atoms with Crippen LogP contribution >= 0.6 is 0 Å². The van der Waals surface area contributed by atoms with Crippen LogP contribution < -0.4 is 9.47 Å². The van der Waals surface area contributed by atoms with Crippen LogP contribution in [0.4, 0.5) is 0 Å². The van der Waals surface area contributed by atoms with Gasteiger partial charge in [0.1, 0.15) is 0 Å². The van der Waals surface area contributed by atoms with Gasteiger partial charge in [-0.05, 0) is 45.4 Å². The third-order valence-corrected chi connectivity index (χ3v) is 4.05. The van der Waals surface area contributed by atoms with E-state index in [1.165, 1.54) is 7.11 Å². The molecule has 1 amide bonds. The standard InChI is InChI=1S/C17H23NO5/c1-11(2)23-13-6-5-12(9-14(13)22-4)15(19)18-8-7-17(3,10-18)16(20)21/h5-6,9,11H,7-8,10H2,1-4H3,(H,20,21). The summed E-state index contributed by atoms with van der Waals surface area (Å²) in [4.78, 5) is 25.5.